The van der Waals surface area contributed by atoms with Crippen LogP contribution in [-0.2, 0) is 14.8 Å². The number of halogens is 1. The fraction of sp³-hybridized carbons (Fsp3) is 0.500. The average Bonchev–Trinajstić information content (AvgIpc) is 3.33. The SMILES string of the molecule is CC(CC(=O)NCC(N)C1CC1)N=C1NS(=O)(=O)c2ccccc21.Cl. The van der Waals surface area contributed by atoms with Gasteiger partial charge in [0.25, 0.3) is 10.0 Å². The van der Waals surface area contributed by atoms with E-state index in [4.69, 9.17) is 5.73 Å². The third-order valence-electron chi connectivity index (χ3n) is 4.26. The first-order chi connectivity index (χ1) is 11.4. The maximum absolute atomic E-state index is 12.0. The van der Waals surface area contributed by atoms with Crippen LogP contribution in [0.5, 0.6) is 0 Å². The topological polar surface area (TPSA) is 114 Å². The number of carbonyl (C=O) groups is 1. The molecular formula is C16H23ClN4O3S. The molecule has 0 spiro atoms. The lowest BCUT2D eigenvalue weighted by molar-refractivity contribution is -0.121. The summed E-state index contributed by atoms with van der Waals surface area (Å²) in [5.41, 5.74) is 6.50. The average molecular weight is 387 g/mol. The highest BCUT2D eigenvalue weighted by atomic mass is 35.5. The third kappa shape index (κ3) is 4.71. The highest BCUT2D eigenvalue weighted by Crippen LogP contribution is 2.31. The molecule has 0 bridgehead atoms. The number of rotatable bonds is 6. The molecule has 2 unspecified atom stereocenters. The molecule has 0 aromatic heterocycles. The van der Waals surface area contributed by atoms with Crippen molar-refractivity contribution in [2.75, 3.05) is 6.54 Å². The maximum Gasteiger partial charge on any atom is 0.263 e. The van der Waals surface area contributed by atoms with E-state index in [-0.39, 0.29) is 41.7 Å². The van der Waals surface area contributed by atoms with Crippen molar-refractivity contribution in [3.8, 4) is 0 Å². The van der Waals surface area contributed by atoms with Crippen molar-refractivity contribution in [3.63, 3.8) is 0 Å². The van der Waals surface area contributed by atoms with Gasteiger partial charge < -0.3 is 11.1 Å². The van der Waals surface area contributed by atoms with Crippen LogP contribution in [0.15, 0.2) is 34.2 Å². The van der Waals surface area contributed by atoms with Gasteiger partial charge in [0.2, 0.25) is 5.91 Å². The molecular weight excluding hydrogens is 364 g/mol. The van der Waals surface area contributed by atoms with E-state index in [1.165, 1.54) is 6.07 Å². The largest absolute Gasteiger partial charge is 0.354 e. The molecule has 1 fully saturated rings. The second-order valence-electron chi connectivity index (χ2n) is 6.44. The van der Waals surface area contributed by atoms with Crippen LogP contribution in [0.3, 0.4) is 0 Å². The standard InChI is InChI=1S/C16H22N4O3S.ClH/c1-10(8-15(21)18-9-13(17)11-6-7-11)19-16-12-4-2-3-5-14(12)24(22,23)20-16;/h2-5,10-11,13H,6-9,17H2,1H3,(H,18,21)(H,19,20);1H. The number of amides is 1. The first-order valence-corrected chi connectivity index (χ1v) is 9.57. The van der Waals surface area contributed by atoms with Crippen molar-refractivity contribution in [1.29, 1.82) is 0 Å². The van der Waals surface area contributed by atoms with Gasteiger partial charge in [-0.3, -0.25) is 14.5 Å². The van der Waals surface area contributed by atoms with Gasteiger partial charge in [-0.25, -0.2) is 8.42 Å². The number of hydrogen-bond acceptors (Lipinski definition) is 5. The Hall–Kier alpha value is -1.64. The number of amidine groups is 1. The lowest BCUT2D eigenvalue weighted by Gasteiger charge is -2.13. The molecule has 7 nitrogen and oxygen atoms in total. The van der Waals surface area contributed by atoms with Crippen LogP contribution >= 0.6 is 12.4 Å². The van der Waals surface area contributed by atoms with Crippen molar-refractivity contribution in [2.24, 2.45) is 16.6 Å². The molecule has 25 heavy (non-hydrogen) atoms. The minimum Gasteiger partial charge on any atom is -0.354 e. The normalized spacial score (nSPS) is 21.6. The van der Waals surface area contributed by atoms with E-state index in [0.29, 0.717) is 23.9 Å². The van der Waals surface area contributed by atoms with E-state index in [1.54, 1.807) is 25.1 Å². The van der Waals surface area contributed by atoms with Gasteiger partial charge in [0, 0.05) is 24.6 Å². The van der Waals surface area contributed by atoms with Crippen molar-refractivity contribution < 1.29 is 13.2 Å². The van der Waals surface area contributed by atoms with Gasteiger partial charge in [0.15, 0.2) is 0 Å². The van der Waals surface area contributed by atoms with E-state index in [2.05, 4.69) is 15.0 Å². The summed E-state index contributed by atoms with van der Waals surface area (Å²) in [6.45, 7) is 2.25. The number of fused-ring (bicyclic) bond motifs is 1. The Balaban J connectivity index is 0.00000225. The zero-order valence-corrected chi connectivity index (χ0v) is 15.6. The molecule has 1 amide bonds. The van der Waals surface area contributed by atoms with Crippen LogP contribution in [-0.4, -0.2) is 38.8 Å². The lowest BCUT2D eigenvalue weighted by Crippen LogP contribution is -2.39. The monoisotopic (exact) mass is 386 g/mol. The molecule has 1 aromatic carbocycles. The molecule has 138 valence electrons. The Kier molecular flexibility index (Phi) is 6.08. The third-order valence-corrected chi connectivity index (χ3v) is 5.65. The molecule has 2 aliphatic rings. The predicted octanol–water partition coefficient (Wildman–Crippen LogP) is 0.779. The second kappa shape index (κ2) is 7.72. The summed E-state index contributed by atoms with van der Waals surface area (Å²) < 4.78 is 26.5. The Bertz CT molecular complexity index is 777. The van der Waals surface area contributed by atoms with Crippen LogP contribution < -0.4 is 15.8 Å². The van der Waals surface area contributed by atoms with E-state index < -0.39 is 10.0 Å². The zero-order chi connectivity index (χ0) is 17.3. The van der Waals surface area contributed by atoms with Crippen LogP contribution in [0.1, 0.15) is 31.7 Å². The van der Waals surface area contributed by atoms with Gasteiger partial charge in [-0.05, 0) is 37.8 Å². The number of aliphatic imine (C=N–C) groups is 1. The quantitative estimate of drug-likeness (QED) is 0.670. The number of carbonyl (C=O) groups excluding carboxylic acids is 1. The summed E-state index contributed by atoms with van der Waals surface area (Å²) >= 11 is 0. The Morgan fingerprint density at radius 1 is 1.40 bits per heavy atom. The Morgan fingerprint density at radius 2 is 2.08 bits per heavy atom. The number of nitrogens with zero attached hydrogens (tertiary/aromatic N) is 1. The summed E-state index contributed by atoms with van der Waals surface area (Å²) in [4.78, 5) is 16.6. The van der Waals surface area contributed by atoms with E-state index in [1.807, 2.05) is 0 Å². The summed E-state index contributed by atoms with van der Waals surface area (Å²) in [5, 5.41) is 2.82. The molecule has 0 radical (unpaired) electrons. The molecule has 9 heteroatoms. The summed E-state index contributed by atoms with van der Waals surface area (Å²) in [6, 6.07) is 6.34. The lowest BCUT2D eigenvalue weighted by atomic mass is 10.1. The summed E-state index contributed by atoms with van der Waals surface area (Å²) in [7, 11) is -3.55. The number of benzene rings is 1. The Labute approximate surface area is 153 Å². The molecule has 4 N–H and O–H groups in total. The predicted molar refractivity (Wildman–Crippen MR) is 98.3 cm³/mol. The molecule has 3 rings (SSSR count). The molecule has 1 aliphatic heterocycles. The fourth-order valence-corrected chi connectivity index (χ4v) is 4.00. The highest BCUT2D eigenvalue weighted by molar-refractivity contribution is 7.90. The first-order valence-electron chi connectivity index (χ1n) is 8.09. The number of nitrogens with one attached hydrogen (secondary N) is 2. The number of hydrogen-bond donors (Lipinski definition) is 3. The number of sulfonamides is 1. The molecule has 2 atom stereocenters. The van der Waals surface area contributed by atoms with Gasteiger partial charge in [0.05, 0.1) is 10.9 Å². The maximum atomic E-state index is 12.0. The minimum absolute atomic E-state index is 0. The molecule has 1 heterocycles. The number of nitrogens with two attached hydrogens (primary N) is 1. The first kappa shape index (κ1) is 19.7. The zero-order valence-electron chi connectivity index (χ0n) is 13.9. The molecule has 1 saturated carbocycles. The van der Waals surface area contributed by atoms with Gasteiger partial charge in [-0.15, -0.1) is 12.4 Å². The van der Waals surface area contributed by atoms with Crippen LogP contribution in [0.4, 0.5) is 0 Å². The van der Waals surface area contributed by atoms with Crippen molar-refractivity contribution in [3.05, 3.63) is 29.8 Å². The molecule has 1 aromatic rings. The molecule has 0 saturated heterocycles. The summed E-state index contributed by atoms with van der Waals surface area (Å²) in [6.07, 6.45) is 2.46. The van der Waals surface area contributed by atoms with Gasteiger partial charge in [-0.2, -0.15) is 0 Å². The van der Waals surface area contributed by atoms with Gasteiger partial charge in [-0.1, -0.05) is 12.1 Å². The van der Waals surface area contributed by atoms with Crippen molar-refractivity contribution in [2.45, 2.75) is 43.2 Å². The minimum atomic E-state index is -3.55. The second-order valence-corrected chi connectivity index (χ2v) is 8.09. The van der Waals surface area contributed by atoms with Crippen molar-refractivity contribution >= 4 is 34.2 Å². The van der Waals surface area contributed by atoms with E-state index in [9.17, 15) is 13.2 Å². The van der Waals surface area contributed by atoms with Gasteiger partial charge >= 0.3 is 0 Å². The van der Waals surface area contributed by atoms with Crippen LogP contribution in [0.25, 0.3) is 0 Å². The van der Waals surface area contributed by atoms with E-state index >= 15 is 0 Å². The molecule has 1 aliphatic carbocycles. The van der Waals surface area contributed by atoms with Crippen LogP contribution in [0.2, 0.25) is 0 Å². The smallest absolute Gasteiger partial charge is 0.263 e. The van der Waals surface area contributed by atoms with Crippen LogP contribution in [0, 0.1) is 5.92 Å². The Morgan fingerprint density at radius 3 is 2.76 bits per heavy atom. The fourth-order valence-electron chi connectivity index (χ4n) is 2.76. The van der Waals surface area contributed by atoms with Crippen molar-refractivity contribution in [1.82, 2.24) is 10.0 Å². The van der Waals surface area contributed by atoms with Gasteiger partial charge in [0.1, 0.15) is 5.84 Å². The van der Waals surface area contributed by atoms with E-state index in [0.717, 1.165) is 12.8 Å². The highest BCUT2D eigenvalue weighted by Gasteiger charge is 2.31. The summed E-state index contributed by atoms with van der Waals surface area (Å²) in [5.74, 6) is 0.699.